The molecule has 0 aromatic carbocycles. The van der Waals surface area contributed by atoms with Gasteiger partial charge < -0.3 is 10.6 Å². The lowest BCUT2D eigenvalue weighted by atomic mass is 10.1. The van der Waals surface area contributed by atoms with Crippen LogP contribution in [0.1, 0.15) is 19.8 Å². The number of rotatable bonds is 5. The molecule has 0 radical (unpaired) electrons. The molecule has 1 atom stereocenters. The summed E-state index contributed by atoms with van der Waals surface area (Å²) in [5.41, 5.74) is 5.64. The first kappa shape index (κ1) is 11.4. The predicted molar refractivity (Wildman–Crippen MR) is 51.4 cm³/mol. The van der Waals surface area contributed by atoms with Gasteiger partial charge in [-0.05, 0) is 19.8 Å². The molecule has 1 amide bonds. The van der Waals surface area contributed by atoms with Crippen LogP contribution in [0.25, 0.3) is 0 Å². The predicted octanol–water partition coefficient (Wildman–Crippen LogP) is -0.0958. The minimum Gasteiger partial charge on any atom is -0.339 e. The van der Waals surface area contributed by atoms with Crippen molar-refractivity contribution in [2.45, 2.75) is 25.8 Å². The molecule has 0 saturated carbocycles. The maximum Gasteiger partial charge on any atom is 0.239 e. The Morgan fingerprint density at radius 1 is 1.57 bits per heavy atom. The maximum atomic E-state index is 11.5. The first-order valence-corrected chi connectivity index (χ1v) is 5.04. The van der Waals surface area contributed by atoms with E-state index < -0.39 is 0 Å². The average Bonchev–Trinajstić information content (AvgIpc) is 2.19. The van der Waals surface area contributed by atoms with Gasteiger partial charge in [-0.2, -0.15) is 0 Å². The second-order valence-electron chi connectivity index (χ2n) is 3.30. The van der Waals surface area contributed by atoms with Crippen LogP contribution in [0, 0.1) is 0 Å². The molecule has 1 aliphatic heterocycles. The summed E-state index contributed by atoms with van der Waals surface area (Å²) in [6, 6.07) is -0.323. The van der Waals surface area contributed by atoms with Crippen molar-refractivity contribution >= 4 is 5.91 Å². The van der Waals surface area contributed by atoms with E-state index in [1.807, 2.05) is 6.92 Å². The van der Waals surface area contributed by atoms with Crippen LogP contribution in [0.15, 0.2) is 0 Å². The van der Waals surface area contributed by atoms with E-state index in [-0.39, 0.29) is 11.9 Å². The number of nitrogens with zero attached hydrogens (tertiary/aromatic N) is 1. The lowest BCUT2D eigenvalue weighted by Crippen LogP contribution is -2.49. The number of carbonyl (C=O) groups is 1. The molecule has 14 heavy (non-hydrogen) atoms. The summed E-state index contributed by atoms with van der Waals surface area (Å²) in [5.74, 6) is 0.0244. The molecule has 5 nitrogen and oxygen atoms in total. The van der Waals surface area contributed by atoms with E-state index >= 15 is 0 Å². The fourth-order valence-corrected chi connectivity index (χ4v) is 1.48. The van der Waals surface area contributed by atoms with Crippen molar-refractivity contribution in [3.63, 3.8) is 0 Å². The van der Waals surface area contributed by atoms with E-state index in [1.54, 1.807) is 4.90 Å². The molecule has 0 aromatic rings. The van der Waals surface area contributed by atoms with Gasteiger partial charge in [0, 0.05) is 13.1 Å². The minimum atomic E-state index is -0.323. The molecule has 1 aliphatic rings. The Kier molecular flexibility index (Phi) is 4.86. The van der Waals surface area contributed by atoms with Crippen LogP contribution < -0.4 is 5.73 Å². The van der Waals surface area contributed by atoms with Gasteiger partial charge in [0.1, 0.15) is 0 Å². The molecule has 1 rings (SSSR count). The van der Waals surface area contributed by atoms with Gasteiger partial charge in [0.15, 0.2) is 0 Å². The van der Waals surface area contributed by atoms with E-state index in [0.717, 1.165) is 19.4 Å². The Hall–Kier alpha value is -0.650. The highest BCUT2D eigenvalue weighted by Gasteiger charge is 2.24. The van der Waals surface area contributed by atoms with Crippen molar-refractivity contribution in [1.29, 1.82) is 0 Å². The summed E-state index contributed by atoms with van der Waals surface area (Å²) in [5, 5.41) is 0. The van der Waals surface area contributed by atoms with Crippen LogP contribution in [0.5, 0.6) is 0 Å². The molecule has 1 fully saturated rings. The Labute approximate surface area is 84.1 Å². The fraction of sp³-hybridized carbons (Fsp3) is 0.889. The third kappa shape index (κ3) is 3.25. The van der Waals surface area contributed by atoms with E-state index in [9.17, 15) is 4.79 Å². The quantitative estimate of drug-likeness (QED) is 0.384. The van der Waals surface area contributed by atoms with E-state index in [4.69, 9.17) is 15.5 Å². The second-order valence-corrected chi connectivity index (χ2v) is 3.30. The SMILES string of the molecule is CCOOCCN1CCC[C@@H](N)C1=O. The monoisotopic (exact) mass is 202 g/mol. The van der Waals surface area contributed by atoms with Gasteiger partial charge in [-0.15, -0.1) is 0 Å². The molecule has 2 N–H and O–H groups in total. The van der Waals surface area contributed by atoms with Crippen LogP contribution in [-0.2, 0) is 14.6 Å². The normalized spacial score (nSPS) is 22.9. The number of amides is 1. The van der Waals surface area contributed by atoms with Crippen LogP contribution in [0.4, 0.5) is 0 Å². The first-order chi connectivity index (χ1) is 6.75. The summed E-state index contributed by atoms with van der Waals surface area (Å²) < 4.78 is 0. The minimum absolute atomic E-state index is 0.0244. The smallest absolute Gasteiger partial charge is 0.239 e. The zero-order valence-electron chi connectivity index (χ0n) is 8.57. The molecule has 82 valence electrons. The molecule has 0 spiro atoms. The van der Waals surface area contributed by atoms with Crippen molar-refractivity contribution in [3.05, 3.63) is 0 Å². The highest BCUT2D eigenvalue weighted by Crippen LogP contribution is 2.09. The van der Waals surface area contributed by atoms with Gasteiger partial charge in [-0.1, -0.05) is 0 Å². The van der Waals surface area contributed by atoms with Gasteiger partial charge >= 0.3 is 0 Å². The summed E-state index contributed by atoms with van der Waals surface area (Å²) in [6.07, 6.45) is 1.77. The highest BCUT2D eigenvalue weighted by molar-refractivity contribution is 5.82. The van der Waals surface area contributed by atoms with E-state index in [2.05, 4.69) is 0 Å². The summed E-state index contributed by atoms with van der Waals surface area (Å²) in [6.45, 7) is 4.12. The molecule has 0 aliphatic carbocycles. The molecular weight excluding hydrogens is 184 g/mol. The van der Waals surface area contributed by atoms with Crippen LogP contribution in [0.3, 0.4) is 0 Å². The van der Waals surface area contributed by atoms with Crippen LogP contribution in [0.2, 0.25) is 0 Å². The Balaban J connectivity index is 2.19. The van der Waals surface area contributed by atoms with Crippen molar-refractivity contribution in [2.75, 3.05) is 26.3 Å². The van der Waals surface area contributed by atoms with E-state index in [0.29, 0.717) is 19.8 Å². The zero-order valence-corrected chi connectivity index (χ0v) is 8.57. The number of piperidine rings is 1. The average molecular weight is 202 g/mol. The number of hydrogen-bond donors (Lipinski definition) is 1. The van der Waals surface area contributed by atoms with Crippen molar-refractivity contribution in [2.24, 2.45) is 5.73 Å². The summed E-state index contributed by atoms with van der Waals surface area (Å²) >= 11 is 0. The highest BCUT2D eigenvalue weighted by atomic mass is 17.2. The van der Waals surface area contributed by atoms with Gasteiger partial charge in [0.25, 0.3) is 0 Å². The van der Waals surface area contributed by atoms with Crippen LogP contribution in [-0.4, -0.2) is 43.2 Å². The maximum absolute atomic E-state index is 11.5. The number of likely N-dealkylation sites (tertiary alicyclic amines) is 1. The lowest BCUT2D eigenvalue weighted by molar-refractivity contribution is -0.291. The van der Waals surface area contributed by atoms with Gasteiger partial charge in [-0.3, -0.25) is 4.79 Å². The van der Waals surface area contributed by atoms with Gasteiger partial charge in [-0.25, -0.2) is 9.78 Å². The summed E-state index contributed by atoms with van der Waals surface area (Å²) in [7, 11) is 0. The molecule has 5 heteroatoms. The Morgan fingerprint density at radius 2 is 2.36 bits per heavy atom. The topological polar surface area (TPSA) is 64.8 Å². The Bertz CT molecular complexity index is 187. The fourth-order valence-electron chi connectivity index (χ4n) is 1.48. The Morgan fingerprint density at radius 3 is 3.07 bits per heavy atom. The zero-order chi connectivity index (χ0) is 10.4. The number of hydrogen-bond acceptors (Lipinski definition) is 4. The van der Waals surface area contributed by atoms with E-state index in [1.165, 1.54) is 0 Å². The lowest BCUT2D eigenvalue weighted by Gasteiger charge is -2.30. The third-order valence-corrected chi connectivity index (χ3v) is 2.22. The molecule has 1 heterocycles. The molecule has 1 saturated heterocycles. The first-order valence-electron chi connectivity index (χ1n) is 5.04. The third-order valence-electron chi connectivity index (χ3n) is 2.22. The van der Waals surface area contributed by atoms with Gasteiger partial charge in [0.05, 0.1) is 19.3 Å². The standard InChI is InChI=1S/C9H18N2O3/c1-2-13-14-7-6-11-5-3-4-8(10)9(11)12/h8H,2-7,10H2,1H3/t8-/m1/s1. The summed E-state index contributed by atoms with van der Waals surface area (Å²) in [4.78, 5) is 22.8. The molecule has 0 unspecified atom stereocenters. The van der Waals surface area contributed by atoms with Crippen molar-refractivity contribution in [1.82, 2.24) is 4.90 Å². The second kappa shape index (κ2) is 5.95. The van der Waals surface area contributed by atoms with Crippen molar-refractivity contribution < 1.29 is 14.6 Å². The molecular formula is C9H18N2O3. The number of carbonyl (C=O) groups excluding carboxylic acids is 1. The molecule has 0 aromatic heterocycles. The van der Waals surface area contributed by atoms with Crippen LogP contribution >= 0.6 is 0 Å². The van der Waals surface area contributed by atoms with Crippen molar-refractivity contribution in [3.8, 4) is 0 Å². The van der Waals surface area contributed by atoms with Gasteiger partial charge in [0.2, 0.25) is 5.91 Å². The molecule has 0 bridgehead atoms. The largest absolute Gasteiger partial charge is 0.339 e. The number of nitrogens with two attached hydrogens (primary N) is 1.